The molecule has 0 radical (unpaired) electrons. The lowest BCUT2D eigenvalue weighted by Crippen LogP contribution is -2.40. The molecule has 4 aromatic rings. The van der Waals surface area contributed by atoms with Gasteiger partial charge in [-0.15, -0.1) is 0 Å². The second-order valence-corrected chi connectivity index (χ2v) is 11.3. The Kier molecular flexibility index (Phi) is 5.33. The highest BCUT2D eigenvalue weighted by atomic mass is 16.5. The van der Waals surface area contributed by atoms with Gasteiger partial charge in [0.2, 0.25) is 5.95 Å². The summed E-state index contributed by atoms with van der Waals surface area (Å²) in [4.78, 5) is 44.6. The third-order valence-electron chi connectivity index (χ3n) is 8.86. The first-order valence-electron chi connectivity index (χ1n) is 14.2. The van der Waals surface area contributed by atoms with Gasteiger partial charge in [-0.2, -0.15) is 4.98 Å². The Morgan fingerprint density at radius 2 is 1.95 bits per heavy atom. The van der Waals surface area contributed by atoms with Crippen LogP contribution in [-0.2, 0) is 23.3 Å². The molecule has 2 bridgehead atoms. The number of nitrogens with one attached hydrogen (secondary N) is 1. The van der Waals surface area contributed by atoms with Gasteiger partial charge in [0.05, 0.1) is 6.54 Å². The van der Waals surface area contributed by atoms with Crippen LogP contribution >= 0.6 is 0 Å². The normalized spacial score (nSPS) is 20.0. The van der Waals surface area contributed by atoms with E-state index in [4.69, 9.17) is 14.7 Å². The second kappa shape index (κ2) is 9.00. The number of fused-ring (bicyclic) bond motifs is 7. The Morgan fingerprint density at radius 3 is 2.83 bits per heavy atom. The fourth-order valence-electron chi connectivity index (χ4n) is 6.47. The van der Waals surface area contributed by atoms with Crippen LogP contribution in [0.5, 0.6) is 5.75 Å². The molecule has 3 aliphatic heterocycles. The minimum Gasteiger partial charge on any atom is -0.480 e. The Labute approximate surface area is 236 Å². The fraction of sp³-hybridized carbons (Fsp3) is 0.367. The van der Waals surface area contributed by atoms with Gasteiger partial charge in [0.15, 0.2) is 29.6 Å². The molecule has 1 aromatic carbocycles. The van der Waals surface area contributed by atoms with Crippen molar-refractivity contribution in [2.45, 2.75) is 44.2 Å². The summed E-state index contributed by atoms with van der Waals surface area (Å²) in [6.45, 7) is 1.97. The number of benzene rings is 1. The molecule has 0 saturated heterocycles. The van der Waals surface area contributed by atoms with Crippen LogP contribution in [0.2, 0.25) is 0 Å². The molecule has 3 aromatic heterocycles. The van der Waals surface area contributed by atoms with Gasteiger partial charge in [-0.25, -0.2) is 19.3 Å². The highest BCUT2D eigenvalue weighted by molar-refractivity contribution is 5.96. The molecule has 1 saturated carbocycles. The standard InChI is InChI=1S/C30H30N8O3/c1-35-15-10-19-6-7-20(16-22(19)30(35)11-12-30)32-29-31-17-21-26(34-29)38-24-9-8-23-27(33-24)36(25(39)18-41-23)13-4-2-3-5-14-37(38)28(21)40/h3,5-9,16-17H,2,4,10-15,18H2,1H3,(H,31,32,34)/b5-3-. The zero-order valence-electron chi connectivity index (χ0n) is 22.8. The molecule has 1 amide bonds. The summed E-state index contributed by atoms with van der Waals surface area (Å²) in [5.74, 6) is 1.76. The summed E-state index contributed by atoms with van der Waals surface area (Å²) < 4.78 is 8.99. The van der Waals surface area contributed by atoms with Gasteiger partial charge in [0, 0.05) is 30.5 Å². The lowest BCUT2D eigenvalue weighted by atomic mass is 9.90. The smallest absolute Gasteiger partial charge is 0.278 e. The molecule has 11 heteroatoms. The van der Waals surface area contributed by atoms with Gasteiger partial charge >= 0.3 is 0 Å². The Balaban J connectivity index is 1.24. The van der Waals surface area contributed by atoms with Crippen LogP contribution in [-0.4, -0.2) is 61.9 Å². The molecule has 1 N–H and O–H groups in total. The van der Waals surface area contributed by atoms with Crippen molar-refractivity contribution >= 4 is 34.4 Å². The SMILES string of the molecule is CN1CCc2ccc(Nc3ncc4c(=O)n5n(c4n3)-c3ccc4c(n3)N(CCC/C=C\C5)C(=O)CO4)cc2C12CC2. The topological polar surface area (TPSA) is 110 Å². The van der Waals surface area contributed by atoms with E-state index in [1.165, 1.54) is 24.0 Å². The highest BCUT2D eigenvalue weighted by Crippen LogP contribution is 2.53. The minimum absolute atomic E-state index is 0.0105. The van der Waals surface area contributed by atoms with E-state index in [-0.39, 0.29) is 23.6 Å². The van der Waals surface area contributed by atoms with Crippen LogP contribution in [0.3, 0.4) is 0 Å². The average molecular weight is 551 g/mol. The van der Waals surface area contributed by atoms with Crippen molar-refractivity contribution in [2.75, 3.05) is 37.0 Å². The largest absolute Gasteiger partial charge is 0.480 e. The summed E-state index contributed by atoms with van der Waals surface area (Å²) in [6.07, 6.45) is 10.6. The lowest BCUT2D eigenvalue weighted by molar-refractivity contribution is -0.121. The van der Waals surface area contributed by atoms with Crippen LogP contribution in [0.1, 0.15) is 36.8 Å². The Morgan fingerprint density at radius 1 is 1.05 bits per heavy atom. The van der Waals surface area contributed by atoms with Gasteiger partial charge in [0.1, 0.15) is 5.39 Å². The maximum Gasteiger partial charge on any atom is 0.278 e. The van der Waals surface area contributed by atoms with E-state index in [1.807, 2.05) is 12.2 Å². The van der Waals surface area contributed by atoms with Gasteiger partial charge in [-0.3, -0.25) is 19.4 Å². The van der Waals surface area contributed by atoms with Crippen molar-refractivity contribution in [3.05, 3.63) is 70.2 Å². The highest BCUT2D eigenvalue weighted by Gasteiger charge is 2.50. The summed E-state index contributed by atoms with van der Waals surface area (Å²) in [6, 6.07) is 10.1. The first kappa shape index (κ1) is 24.3. The Bertz CT molecular complexity index is 1820. The number of likely N-dealkylation sites (N-methyl/N-ethyl adjacent to an activating group) is 1. The van der Waals surface area contributed by atoms with Crippen LogP contribution in [0, 0.1) is 0 Å². The lowest BCUT2D eigenvalue weighted by Gasteiger charge is -2.35. The van der Waals surface area contributed by atoms with Gasteiger partial charge in [-0.1, -0.05) is 18.2 Å². The first-order chi connectivity index (χ1) is 20.0. The monoisotopic (exact) mass is 550 g/mol. The molecular formula is C30H30N8O3. The van der Waals surface area contributed by atoms with Crippen LogP contribution in [0.4, 0.5) is 17.5 Å². The van der Waals surface area contributed by atoms with Gasteiger partial charge in [0.25, 0.3) is 11.5 Å². The van der Waals surface area contributed by atoms with Gasteiger partial charge < -0.3 is 10.1 Å². The molecule has 8 rings (SSSR count). The number of aromatic nitrogens is 5. The average Bonchev–Trinajstić information content (AvgIpc) is 3.73. The van der Waals surface area contributed by atoms with Gasteiger partial charge in [-0.05, 0) is 74.5 Å². The van der Waals surface area contributed by atoms with E-state index in [2.05, 4.69) is 40.4 Å². The molecule has 0 atom stereocenters. The van der Waals surface area contributed by atoms with Crippen molar-refractivity contribution < 1.29 is 9.53 Å². The molecule has 1 spiro atoms. The van der Waals surface area contributed by atoms with E-state index in [0.717, 1.165) is 31.5 Å². The Hall–Kier alpha value is -4.51. The molecule has 0 unspecified atom stereocenters. The molecule has 1 aliphatic carbocycles. The van der Waals surface area contributed by atoms with E-state index in [1.54, 1.807) is 32.6 Å². The third kappa shape index (κ3) is 3.79. The number of ether oxygens (including phenoxy) is 1. The number of amides is 1. The number of carbonyl (C=O) groups is 1. The minimum atomic E-state index is -0.204. The summed E-state index contributed by atoms with van der Waals surface area (Å²) in [5, 5.41) is 3.78. The van der Waals surface area contributed by atoms with Crippen molar-refractivity contribution in [1.82, 2.24) is 29.2 Å². The molecule has 208 valence electrons. The summed E-state index contributed by atoms with van der Waals surface area (Å²) in [5.41, 5.74) is 4.10. The number of allylic oxidation sites excluding steroid dienone is 2. The predicted molar refractivity (Wildman–Crippen MR) is 154 cm³/mol. The number of nitrogens with zero attached hydrogens (tertiary/aromatic N) is 7. The molecular weight excluding hydrogens is 520 g/mol. The van der Waals surface area contributed by atoms with E-state index < -0.39 is 0 Å². The van der Waals surface area contributed by atoms with E-state index >= 15 is 0 Å². The zero-order valence-corrected chi connectivity index (χ0v) is 22.8. The molecule has 6 heterocycles. The third-order valence-corrected chi connectivity index (χ3v) is 8.86. The maximum atomic E-state index is 13.6. The number of rotatable bonds is 2. The van der Waals surface area contributed by atoms with Crippen LogP contribution in [0.25, 0.3) is 16.9 Å². The van der Waals surface area contributed by atoms with Crippen molar-refractivity contribution in [2.24, 2.45) is 0 Å². The number of hydrogen-bond donors (Lipinski definition) is 1. The molecule has 41 heavy (non-hydrogen) atoms. The number of carbonyl (C=O) groups excluding carboxylic acids is 1. The van der Waals surface area contributed by atoms with Crippen molar-refractivity contribution in [1.29, 1.82) is 0 Å². The molecule has 1 fully saturated rings. The molecule has 11 nitrogen and oxygen atoms in total. The van der Waals surface area contributed by atoms with Crippen molar-refractivity contribution in [3.8, 4) is 11.6 Å². The fourth-order valence-corrected chi connectivity index (χ4v) is 6.47. The van der Waals surface area contributed by atoms with E-state index in [9.17, 15) is 9.59 Å². The zero-order chi connectivity index (χ0) is 27.7. The van der Waals surface area contributed by atoms with Crippen LogP contribution in [0.15, 0.2) is 53.5 Å². The quantitative estimate of drug-likeness (QED) is 0.379. The summed E-state index contributed by atoms with van der Waals surface area (Å²) in [7, 11) is 2.21. The number of hydrogen-bond acceptors (Lipinski definition) is 8. The van der Waals surface area contributed by atoms with Crippen molar-refractivity contribution in [3.63, 3.8) is 0 Å². The van der Waals surface area contributed by atoms with E-state index in [0.29, 0.717) is 47.5 Å². The number of pyridine rings is 1. The first-order valence-corrected chi connectivity index (χ1v) is 14.2. The predicted octanol–water partition coefficient (Wildman–Crippen LogP) is 3.27. The van der Waals surface area contributed by atoms with Crippen LogP contribution < -0.4 is 20.5 Å². The molecule has 4 aliphatic rings. The number of anilines is 3. The second-order valence-electron chi connectivity index (χ2n) is 11.3. The summed E-state index contributed by atoms with van der Waals surface area (Å²) >= 11 is 0. The maximum absolute atomic E-state index is 13.6.